The third-order valence-electron chi connectivity index (χ3n) is 5.74. The van der Waals surface area contributed by atoms with Crippen LogP contribution in [0.5, 0.6) is 0 Å². The molecule has 0 amide bonds. The fraction of sp³-hybridized carbons (Fsp3) is 0.208. The number of para-hydroxylation sites is 2. The summed E-state index contributed by atoms with van der Waals surface area (Å²) in [4.78, 5) is 22.6. The Hall–Kier alpha value is -3.27. The van der Waals surface area contributed by atoms with Gasteiger partial charge in [-0.05, 0) is 41.7 Å². The van der Waals surface area contributed by atoms with E-state index in [-0.39, 0.29) is 23.7 Å². The van der Waals surface area contributed by atoms with E-state index in [4.69, 9.17) is 4.99 Å². The average Bonchev–Trinajstić information content (AvgIpc) is 2.92. The molecule has 1 aromatic heterocycles. The first-order chi connectivity index (χ1) is 13.8. The van der Waals surface area contributed by atoms with Crippen LogP contribution in [0.2, 0.25) is 0 Å². The van der Waals surface area contributed by atoms with Crippen molar-refractivity contribution < 1.29 is 4.79 Å². The van der Waals surface area contributed by atoms with Crippen LogP contribution >= 0.6 is 0 Å². The Bertz CT molecular complexity index is 1030. The lowest BCUT2D eigenvalue weighted by molar-refractivity contribution is -0.122. The van der Waals surface area contributed by atoms with Crippen molar-refractivity contribution >= 4 is 22.9 Å². The van der Waals surface area contributed by atoms with Gasteiger partial charge < -0.3 is 5.32 Å². The Kier molecular flexibility index (Phi) is 4.24. The lowest BCUT2D eigenvalue weighted by Gasteiger charge is -2.33. The number of fused-ring (bicyclic) bond motifs is 2. The fourth-order valence-corrected chi connectivity index (χ4v) is 4.40. The van der Waals surface area contributed by atoms with Crippen LogP contribution in [-0.4, -0.2) is 16.5 Å². The highest BCUT2D eigenvalue weighted by Gasteiger charge is 2.41. The second kappa shape index (κ2) is 7.04. The average molecular weight is 367 g/mol. The molecule has 1 aliphatic heterocycles. The van der Waals surface area contributed by atoms with E-state index in [1.165, 1.54) is 5.56 Å². The van der Waals surface area contributed by atoms with E-state index in [1.54, 1.807) is 6.20 Å². The van der Waals surface area contributed by atoms with Gasteiger partial charge in [-0.2, -0.15) is 0 Å². The molecule has 0 bridgehead atoms. The predicted octanol–water partition coefficient (Wildman–Crippen LogP) is 5.08. The summed E-state index contributed by atoms with van der Waals surface area (Å²) in [6, 6.07) is 22.1. The van der Waals surface area contributed by atoms with Gasteiger partial charge in [0.2, 0.25) is 0 Å². The van der Waals surface area contributed by atoms with Gasteiger partial charge in [0.25, 0.3) is 0 Å². The maximum absolute atomic E-state index is 13.4. The van der Waals surface area contributed by atoms with Crippen LogP contribution in [0, 0.1) is 5.92 Å². The van der Waals surface area contributed by atoms with Crippen molar-refractivity contribution in [2.75, 3.05) is 5.32 Å². The number of carbonyl (C=O) groups is 1. The van der Waals surface area contributed by atoms with Crippen LogP contribution in [0.4, 0.5) is 11.4 Å². The Morgan fingerprint density at radius 1 is 0.857 bits per heavy atom. The third kappa shape index (κ3) is 3.01. The zero-order valence-corrected chi connectivity index (χ0v) is 15.5. The standard InChI is InChI=1S/C24H21N3O/c28-22-14-18(16-7-2-1-3-8-16)13-21-23(22)24(17-9-6-12-25-15-17)27-20-11-5-4-10-19(20)26-21/h1-12,15,18,23-24,27H,13-14H2/t18-,23?,24+/m1/s1. The molecule has 5 rings (SSSR count). The molecule has 2 heterocycles. The highest BCUT2D eigenvalue weighted by Crippen LogP contribution is 2.43. The van der Waals surface area contributed by atoms with E-state index < -0.39 is 0 Å². The van der Waals surface area contributed by atoms with E-state index in [9.17, 15) is 4.79 Å². The molecular weight excluding hydrogens is 346 g/mol. The molecule has 1 fully saturated rings. The third-order valence-corrected chi connectivity index (χ3v) is 5.74. The summed E-state index contributed by atoms with van der Waals surface area (Å²) in [5.74, 6) is 0.160. The summed E-state index contributed by atoms with van der Waals surface area (Å²) in [6.45, 7) is 0. The van der Waals surface area contributed by atoms with Crippen LogP contribution in [0.25, 0.3) is 0 Å². The lowest BCUT2D eigenvalue weighted by Crippen LogP contribution is -2.38. The largest absolute Gasteiger partial charge is 0.375 e. The first kappa shape index (κ1) is 16.9. The van der Waals surface area contributed by atoms with Gasteiger partial charge in [-0.3, -0.25) is 14.8 Å². The van der Waals surface area contributed by atoms with Crippen molar-refractivity contribution in [3.05, 3.63) is 90.3 Å². The summed E-state index contributed by atoms with van der Waals surface area (Å²) in [7, 11) is 0. The van der Waals surface area contributed by atoms with Crippen molar-refractivity contribution in [3.63, 3.8) is 0 Å². The van der Waals surface area contributed by atoms with Crippen molar-refractivity contribution in [1.82, 2.24) is 4.98 Å². The maximum atomic E-state index is 13.4. The molecule has 4 heteroatoms. The number of aromatic nitrogens is 1. The number of nitrogens with one attached hydrogen (secondary N) is 1. The molecule has 1 N–H and O–H groups in total. The lowest BCUT2D eigenvalue weighted by atomic mass is 9.72. The fourth-order valence-electron chi connectivity index (χ4n) is 4.40. The second-order valence-corrected chi connectivity index (χ2v) is 7.49. The van der Waals surface area contributed by atoms with Crippen LogP contribution in [0.15, 0.2) is 84.1 Å². The van der Waals surface area contributed by atoms with Gasteiger partial charge in [0.1, 0.15) is 5.78 Å². The quantitative estimate of drug-likeness (QED) is 0.687. The molecule has 0 radical (unpaired) electrons. The van der Waals surface area contributed by atoms with Crippen LogP contribution in [0.3, 0.4) is 0 Å². The van der Waals surface area contributed by atoms with Gasteiger partial charge in [-0.25, -0.2) is 0 Å². The minimum Gasteiger partial charge on any atom is -0.375 e. The number of pyridine rings is 1. The molecular formula is C24H21N3O. The molecule has 1 saturated carbocycles. The summed E-state index contributed by atoms with van der Waals surface area (Å²) in [6.07, 6.45) is 4.95. The summed E-state index contributed by atoms with van der Waals surface area (Å²) in [5.41, 5.74) is 5.05. The normalized spacial score (nSPS) is 23.6. The number of rotatable bonds is 2. The molecule has 2 aliphatic rings. The molecule has 0 saturated heterocycles. The highest BCUT2D eigenvalue weighted by atomic mass is 16.1. The minimum atomic E-state index is -0.267. The molecule has 28 heavy (non-hydrogen) atoms. The monoisotopic (exact) mass is 367 g/mol. The zero-order valence-electron chi connectivity index (χ0n) is 15.5. The smallest absolute Gasteiger partial charge is 0.144 e. The Morgan fingerprint density at radius 2 is 1.64 bits per heavy atom. The van der Waals surface area contributed by atoms with Gasteiger partial charge in [-0.1, -0.05) is 48.5 Å². The number of anilines is 1. The van der Waals surface area contributed by atoms with Gasteiger partial charge in [0.15, 0.2) is 0 Å². The first-order valence-corrected chi connectivity index (χ1v) is 9.70. The predicted molar refractivity (Wildman–Crippen MR) is 111 cm³/mol. The highest BCUT2D eigenvalue weighted by molar-refractivity contribution is 6.10. The molecule has 138 valence electrons. The summed E-state index contributed by atoms with van der Waals surface area (Å²) in [5, 5.41) is 3.58. The first-order valence-electron chi connectivity index (χ1n) is 9.70. The molecule has 2 aromatic carbocycles. The Morgan fingerprint density at radius 3 is 2.46 bits per heavy atom. The number of carbonyl (C=O) groups excluding carboxylic acids is 1. The molecule has 3 atom stereocenters. The molecule has 3 aromatic rings. The number of benzene rings is 2. The number of hydrogen-bond acceptors (Lipinski definition) is 4. The number of aliphatic imine (C=N–C) groups is 1. The number of hydrogen-bond donors (Lipinski definition) is 1. The van der Waals surface area contributed by atoms with E-state index in [0.717, 1.165) is 29.1 Å². The Labute approximate surface area is 164 Å². The number of ketones is 1. The second-order valence-electron chi connectivity index (χ2n) is 7.49. The SMILES string of the molecule is O=C1C[C@H](c2ccccc2)CC2=Nc3ccccc3N[C@@H](c3cccnc3)C12. The van der Waals surface area contributed by atoms with Crippen molar-refractivity contribution in [2.24, 2.45) is 10.9 Å². The minimum absolute atomic E-state index is 0.152. The van der Waals surface area contributed by atoms with Crippen LogP contribution < -0.4 is 5.32 Å². The molecule has 0 spiro atoms. The molecule has 4 nitrogen and oxygen atoms in total. The van der Waals surface area contributed by atoms with Gasteiger partial charge in [0.05, 0.1) is 23.3 Å². The number of nitrogens with zero attached hydrogens (tertiary/aromatic N) is 2. The maximum Gasteiger partial charge on any atom is 0.144 e. The zero-order chi connectivity index (χ0) is 18.9. The summed E-state index contributed by atoms with van der Waals surface area (Å²) >= 11 is 0. The van der Waals surface area contributed by atoms with Crippen molar-refractivity contribution in [1.29, 1.82) is 0 Å². The molecule has 1 aliphatic carbocycles. The molecule has 1 unspecified atom stereocenters. The van der Waals surface area contributed by atoms with E-state index in [2.05, 4.69) is 22.4 Å². The van der Waals surface area contributed by atoms with E-state index in [0.29, 0.717) is 6.42 Å². The van der Waals surface area contributed by atoms with Crippen molar-refractivity contribution in [3.8, 4) is 0 Å². The van der Waals surface area contributed by atoms with E-state index >= 15 is 0 Å². The van der Waals surface area contributed by atoms with Crippen LogP contribution in [-0.2, 0) is 4.79 Å². The number of Topliss-reactive ketones (excluding diaryl/α,β-unsaturated/α-hetero) is 1. The van der Waals surface area contributed by atoms with Crippen LogP contribution in [0.1, 0.15) is 35.9 Å². The van der Waals surface area contributed by atoms with Crippen molar-refractivity contribution in [2.45, 2.75) is 24.8 Å². The van der Waals surface area contributed by atoms with Gasteiger partial charge >= 0.3 is 0 Å². The van der Waals surface area contributed by atoms with E-state index in [1.807, 2.05) is 60.8 Å². The van der Waals surface area contributed by atoms with Gasteiger partial charge in [-0.15, -0.1) is 0 Å². The van der Waals surface area contributed by atoms with Gasteiger partial charge in [0, 0.05) is 24.5 Å². The topological polar surface area (TPSA) is 54.4 Å². The Balaban J connectivity index is 1.60. The summed E-state index contributed by atoms with van der Waals surface area (Å²) < 4.78 is 0.